The Hall–Kier alpha value is -2.70. The molecule has 132 valence electrons. The maximum Gasteiger partial charge on any atom is 0.251 e. The summed E-state index contributed by atoms with van der Waals surface area (Å²) in [6.07, 6.45) is 5.93. The minimum atomic E-state index is -0.392. The van der Waals surface area contributed by atoms with Crippen molar-refractivity contribution in [3.8, 4) is 0 Å². The van der Waals surface area contributed by atoms with Crippen molar-refractivity contribution in [1.82, 2.24) is 20.2 Å². The summed E-state index contributed by atoms with van der Waals surface area (Å²) in [5, 5.41) is 5.69. The SMILES string of the molecule is Cn1ccnc1C(NC(=O)CCNC(=O)c1ccc(F)cc1)C1CC1. The highest BCUT2D eigenvalue weighted by molar-refractivity contribution is 5.94. The Morgan fingerprint density at radius 2 is 2.04 bits per heavy atom. The van der Waals surface area contributed by atoms with Crippen LogP contribution >= 0.6 is 0 Å². The van der Waals surface area contributed by atoms with Gasteiger partial charge in [0.1, 0.15) is 11.6 Å². The lowest BCUT2D eigenvalue weighted by Crippen LogP contribution is -2.34. The zero-order chi connectivity index (χ0) is 17.8. The highest BCUT2D eigenvalue weighted by atomic mass is 19.1. The fourth-order valence-electron chi connectivity index (χ4n) is 2.74. The molecule has 0 spiro atoms. The number of benzene rings is 1. The van der Waals surface area contributed by atoms with Crippen LogP contribution in [-0.4, -0.2) is 27.9 Å². The molecular formula is C18H21FN4O2. The second kappa shape index (κ2) is 7.46. The maximum atomic E-state index is 12.9. The van der Waals surface area contributed by atoms with Gasteiger partial charge in [0.05, 0.1) is 6.04 Å². The molecule has 1 atom stereocenters. The van der Waals surface area contributed by atoms with Gasteiger partial charge in [0.2, 0.25) is 5.91 Å². The standard InChI is InChI=1S/C18H21FN4O2/c1-23-11-10-20-17(23)16(12-2-3-12)22-15(24)8-9-21-18(25)13-4-6-14(19)7-5-13/h4-7,10-12,16H,2-3,8-9H2,1H3,(H,21,25)(H,22,24). The minimum absolute atomic E-state index is 0.0831. The van der Waals surface area contributed by atoms with E-state index >= 15 is 0 Å². The Bertz CT molecular complexity index is 753. The van der Waals surface area contributed by atoms with Gasteiger partial charge in [0.25, 0.3) is 5.91 Å². The summed E-state index contributed by atoms with van der Waals surface area (Å²) in [5.74, 6) is 0.441. The highest BCUT2D eigenvalue weighted by Gasteiger charge is 2.35. The van der Waals surface area contributed by atoms with E-state index in [1.807, 2.05) is 17.8 Å². The predicted octanol–water partition coefficient (Wildman–Crippen LogP) is 1.95. The van der Waals surface area contributed by atoms with E-state index in [4.69, 9.17) is 0 Å². The molecule has 1 heterocycles. The second-order valence-electron chi connectivity index (χ2n) is 6.29. The number of nitrogens with zero attached hydrogens (tertiary/aromatic N) is 2. The molecule has 2 amide bonds. The maximum absolute atomic E-state index is 12.9. The van der Waals surface area contributed by atoms with Crippen LogP contribution in [0.3, 0.4) is 0 Å². The lowest BCUT2D eigenvalue weighted by Gasteiger charge is -2.18. The Morgan fingerprint density at radius 3 is 2.64 bits per heavy atom. The van der Waals surface area contributed by atoms with Crippen molar-refractivity contribution in [3.63, 3.8) is 0 Å². The molecule has 25 heavy (non-hydrogen) atoms. The van der Waals surface area contributed by atoms with Crippen LogP contribution in [-0.2, 0) is 11.8 Å². The van der Waals surface area contributed by atoms with Crippen molar-refractivity contribution < 1.29 is 14.0 Å². The summed E-state index contributed by atoms with van der Waals surface area (Å²) < 4.78 is 14.8. The first-order chi connectivity index (χ1) is 12.0. The van der Waals surface area contributed by atoms with Gasteiger partial charge in [-0.2, -0.15) is 0 Å². The molecule has 1 aromatic carbocycles. The van der Waals surface area contributed by atoms with Crippen LogP contribution in [0.15, 0.2) is 36.7 Å². The first-order valence-electron chi connectivity index (χ1n) is 8.35. The molecule has 1 saturated carbocycles. The molecule has 1 fully saturated rings. The van der Waals surface area contributed by atoms with Crippen LogP contribution in [0.5, 0.6) is 0 Å². The Morgan fingerprint density at radius 1 is 1.32 bits per heavy atom. The summed E-state index contributed by atoms with van der Waals surface area (Å²) >= 11 is 0. The van der Waals surface area contributed by atoms with Crippen molar-refractivity contribution in [1.29, 1.82) is 0 Å². The number of carbonyl (C=O) groups is 2. The number of imidazole rings is 1. The molecular weight excluding hydrogens is 323 g/mol. The van der Waals surface area contributed by atoms with E-state index in [2.05, 4.69) is 15.6 Å². The smallest absolute Gasteiger partial charge is 0.251 e. The third-order valence-corrected chi connectivity index (χ3v) is 4.29. The van der Waals surface area contributed by atoms with E-state index in [9.17, 15) is 14.0 Å². The molecule has 2 N–H and O–H groups in total. The number of hydrogen-bond acceptors (Lipinski definition) is 3. The number of aromatic nitrogens is 2. The van der Waals surface area contributed by atoms with Gasteiger partial charge >= 0.3 is 0 Å². The normalized spacial score (nSPS) is 14.8. The number of rotatable bonds is 7. The number of halogens is 1. The number of carbonyl (C=O) groups excluding carboxylic acids is 2. The van der Waals surface area contributed by atoms with Gasteiger partial charge in [0, 0.05) is 38.0 Å². The lowest BCUT2D eigenvalue weighted by molar-refractivity contribution is -0.121. The largest absolute Gasteiger partial charge is 0.352 e. The first kappa shape index (κ1) is 17.1. The molecule has 0 radical (unpaired) electrons. The summed E-state index contributed by atoms with van der Waals surface area (Å²) in [4.78, 5) is 28.5. The molecule has 0 bridgehead atoms. The van der Waals surface area contributed by atoms with Gasteiger partial charge in [-0.05, 0) is 43.0 Å². The fourth-order valence-corrected chi connectivity index (χ4v) is 2.74. The van der Waals surface area contributed by atoms with Crippen molar-refractivity contribution in [2.45, 2.75) is 25.3 Å². The van der Waals surface area contributed by atoms with Crippen LogP contribution in [0, 0.1) is 11.7 Å². The minimum Gasteiger partial charge on any atom is -0.352 e. The zero-order valence-electron chi connectivity index (χ0n) is 14.0. The van der Waals surface area contributed by atoms with Crippen molar-refractivity contribution in [2.75, 3.05) is 6.54 Å². The van der Waals surface area contributed by atoms with Crippen molar-refractivity contribution in [2.24, 2.45) is 13.0 Å². The molecule has 1 aliphatic rings. The average molecular weight is 344 g/mol. The molecule has 1 aliphatic carbocycles. The van der Waals surface area contributed by atoms with E-state index in [0.29, 0.717) is 11.5 Å². The molecule has 6 nitrogen and oxygen atoms in total. The van der Waals surface area contributed by atoms with Gasteiger partial charge in [-0.25, -0.2) is 9.37 Å². The number of aryl methyl sites for hydroxylation is 1. The van der Waals surface area contributed by atoms with Gasteiger partial charge in [0.15, 0.2) is 0 Å². The quantitative estimate of drug-likeness (QED) is 0.806. The topological polar surface area (TPSA) is 76.0 Å². The number of nitrogens with one attached hydrogen (secondary N) is 2. The molecule has 1 unspecified atom stereocenters. The average Bonchev–Trinajstić information content (AvgIpc) is 3.35. The van der Waals surface area contributed by atoms with Crippen molar-refractivity contribution in [3.05, 3.63) is 53.9 Å². The number of amides is 2. The predicted molar refractivity (Wildman–Crippen MR) is 90.2 cm³/mol. The Labute approximate surface area is 145 Å². The zero-order valence-corrected chi connectivity index (χ0v) is 14.0. The van der Waals surface area contributed by atoms with Gasteiger partial charge in [-0.3, -0.25) is 9.59 Å². The van der Waals surface area contributed by atoms with Gasteiger partial charge in [-0.1, -0.05) is 0 Å². The number of hydrogen-bond donors (Lipinski definition) is 2. The highest BCUT2D eigenvalue weighted by Crippen LogP contribution is 2.40. The van der Waals surface area contributed by atoms with Crippen LogP contribution in [0.1, 0.15) is 41.5 Å². The monoisotopic (exact) mass is 344 g/mol. The van der Waals surface area contributed by atoms with Crippen LogP contribution < -0.4 is 10.6 Å². The van der Waals surface area contributed by atoms with Crippen LogP contribution in [0.2, 0.25) is 0 Å². The summed E-state index contributed by atoms with van der Waals surface area (Å²) in [7, 11) is 1.91. The summed E-state index contributed by atoms with van der Waals surface area (Å²) in [6, 6.07) is 5.20. The Balaban J connectivity index is 1.48. The van der Waals surface area contributed by atoms with Gasteiger partial charge < -0.3 is 15.2 Å². The molecule has 0 aliphatic heterocycles. The van der Waals surface area contributed by atoms with E-state index in [0.717, 1.165) is 18.7 Å². The third kappa shape index (κ3) is 4.43. The molecule has 2 aromatic rings. The first-order valence-corrected chi connectivity index (χ1v) is 8.35. The molecule has 3 rings (SSSR count). The lowest BCUT2D eigenvalue weighted by atomic mass is 10.1. The van der Waals surface area contributed by atoms with E-state index in [1.165, 1.54) is 24.3 Å². The van der Waals surface area contributed by atoms with E-state index < -0.39 is 5.82 Å². The molecule has 1 aromatic heterocycles. The van der Waals surface area contributed by atoms with Gasteiger partial charge in [-0.15, -0.1) is 0 Å². The Kier molecular flexibility index (Phi) is 5.11. The second-order valence-corrected chi connectivity index (χ2v) is 6.29. The fraction of sp³-hybridized carbons (Fsp3) is 0.389. The van der Waals surface area contributed by atoms with E-state index in [-0.39, 0.29) is 30.8 Å². The van der Waals surface area contributed by atoms with E-state index in [1.54, 1.807) is 6.20 Å². The van der Waals surface area contributed by atoms with Crippen molar-refractivity contribution >= 4 is 11.8 Å². The third-order valence-electron chi connectivity index (χ3n) is 4.29. The summed E-state index contributed by atoms with van der Waals surface area (Å²) in [6.45, 7) is 0.222. The van der Waals surface area contributed by atoms with Crippen LogP contribution in [0.4, 0.5) is 4.39 Å². The molecule has 0 saturated heterocycles. The van der Waals surface area contributed by atoms with Crippen LogP contribution in [0.25, 0.3) is 0 Å². The molecule has 7 heteroatoms. The summed E-state index contributed by atoms with van der Waals surface area (Å²) in [5.41, 5.74) is 0.366.